The molecule has 10 rings (SSSR count). The van der Waals surface area contributed by atoms with E-state index in [1.807, 2.05) is 66.7 Å². The van der Waals surface area contributed by atoms with Crippen molar-refractivity contribution in [3.8, 4) is 62.1 Å². The normalized spacial score (nSPS) is 11.8. The maximum Gasteiger partial charge on any atom is 0.220 e. The van der Waals surface area contributed by atoms with Gasteiger partial charge in [-0.2, -0.15) is 0 Å². The molecule has 0 unspecified atom stereocenters. The van der Waals surface area contributed by atoms with E-state index in [2.05, 4.69) is 125 Å². The Labute approximate surface area is 301 Å². The molecule has 1 aliphatic heterocycles. The summed E-state index contributed by atoms with van der Waals surface area (Å²) in [5.41, 5.74) is 12.5. The summed E-state index contributed by atoms with van der Waals surface area (Å²) < 4.78 is 2.28. The molecule has 6 heteroatoms. The molecule has 0 bridgehead atoms. The fourth-order valence-electron chi connectivity index (χ4n) is 7.13. The molecule has 2 aromatic heterocycles. The van der Waals surface area contributed by atoms with Crippen molar-refractivity contribution in [2.75, 3.05) is 4.90 Å². The zero-order valence-electron chi connectivity index (χ0n) is 28.0. The largest absolute Gasteiger partial charge is 0.280 e. The molecule has 0 N–H and O–H groups in total. The first-order valence-corrected chi connectivity index (χ1v) is 17.3. The van der Waals surface area contributed by atoms with Gasteiger partial charge in [-0.3, -0.25) is 9.47 Å². The van der Waals surface area contributed by atoms with E-state index < -0.39 is 0 Å². The van der Waals surface area contributed by atoms with Gasteiger partial charge in [-0.05, 0) is 53.6 Å². The molecule has 9 aromatic rings. The number of benzene rings is 7. The third-order valence-corrected chi connectivity index (χ3v) is 9.60. The minimum Gasteiger partial charge on any atom is -0.280 e. The second-order valence-corrected chi connectivity index (χ2v) is 12.8. The van der Waals surface area contributed by atoms with Crippen LogP contribution in [0.25, 0.3) is 73.1 Å². The van der Waals surface area contributed by atoms with Crippen molar-refractivity contribution in [2.45, 2.75) is 0 Å². The number of imidazole rings is 1. The third kappa shape index (κ3) is 5.05. The molecule has 7 aromatic carbocycles. The van der Waals surface area contributed by atoms with Gasteiger partial charge in [0.15, 0.2) is 17.5 Å². The number of anilines is 3. The smallest absolute Gasteiger partial charge is 0.220 e. The number of hydrogen-bond donors (Lipinski definition) is 0. The van der Waals surface area contributed by atoms with Crippen molar-refractivity contribution < 1.29 is 0 Å². The third-order valence-electron chi connectivity index (χ3n) is 9.60. The summed E-state index contributed by atoms with van der Waals surface area (Å²) in [6, 6.07) is 62.8. The second-order valence-electron chi connectivity index (χ2n) is 12.8. The van der Waals surface area contributed by atoms with Crippen LogP contribution in [0.3, 0.4) is 0 Å². The van der Waals surface area contributed by atoms with E-state index in [1.54, 1.807) is 0 Å². The summed E-state index contributed by atoms with van der Waals surface area (Å²) in [5, 5.41) is 0. The predicted octanol–water partition coefficient (Wildman–Crippen LogP) is 11.3. The Bertz CT molecular complexity index is 2680. The number of aromatic nitrogens is 5. The lowest BCUT2D eigenvalue weighted by Gasteiger charge is -2.24. The molecule has 0 radical (unpaired) electrons. The van der Waals surface area contributed by atoms with Crippen LogP contribution in [-0.2, 0) is 0 Å². The van der Waals surface area contributed by atoms with Crippen LogP contribution >= 0.6 is 0 Å². The summed E-state index contributed by atoms with van der Waals surface area (Å²) >= 11 is 0. The Hall–Kier alpha value is -7.18. The molecular weight excluding hydrogens is 637 g/mol. The van der Waals surface area contributed by atoms with Gasteiger partial charge in [0.05, 0.1) is 22.4 Å². The van der Waals surface area contributed by atoms with Gasteiger partial charge in [0, 0.05) is 33.5 Å². The molecule has 0 atom stereocenters. The van der Waals surface area contributed by atoms with E-state index in [1.165, 1.54) is 5.56 Å². The molecule has 0 aliphatic carbocycles. The quantitative estimate of drug-likeness (QED) is 0.183. The highest BCUT2D eigenvalue weighted by Gasteiger charge is 2.28. The number of fused-ring (bicyclic) bond motifs is 7. The van der Waals surface area contributed by atoms with Crippen LogP contribution < -0.4 is 4.90 Å². The average Bonchev–Trinajstić information content (AvgIpc) is 3.55. The minimum atomic E-state index is 0.630. The standard InChI is InChI=1S/C46H30N6/c1-3-14-32(15-4-1)43-48-44(33-16-5-2-6-17-33)50-45(49-43)35-19-13-18-34(30-35)31-26-28-36(29-27-31)51-40-23-10-7-20-37(40)38-21-8-11-24-41(38)52-42-25-12-9-22-39(42)47-46(51)52/h1-30H. The molecule has 0 spiro atoms. The highest BCUT2D eigenvalue weighted by molar-refractivity contribution is 5.96. The average molecular weight is 667 g/mol. The molecular formula is C46H30N6. The maximum atomic E-state index is 5.22. The van der Waals surface area contributed by atoms with Crippen molar-refractivity contribution in [3.63, 3.8) is 0 Å². The van der Waals surface area contributed by atoms with Crippen LogP contribution in [0.5, 0.6) is 0 Å². The highest BCUT2D eigenvalue weighted by atomic mass is 15.3. The van der Waals surface area contributed by atoms with Gasteiger partial charge >= 0.3 is 0 Å². The number of rotatable bonds is 5. The summed E-state index contributed by atoms with van der Waals surface area (Å²) in [5.74, 6) is 2.77. The van der Waals surface area contributed by atoms with Gasteiger partial charge in [-0.1, -0.05) is 140 Å². The summed E-state index contributed by atoms with van der Waals surface area (Å²) in [6.07, 6.45) is 0. The predicted molar refractivity (Wildman–Crippen MR) is 210 cm³/mol. The molecule has 0 fully saturated rings. The zero-order valence-corrected chi connectivity index (χ0v) is 28.0. The molecule has 0 saturated heterocycles. The maximum absolute atomic E-state index is 5.22. The molecule has 52 heavy (non-hydrogen) atoms. The first-order chi connectivity index (χ1) is 25.8. The van der Waals surface area contributed by atoms with Crippen molar-refractivity contribution in [2.24, 2.45) is 0 Å². The Morgan fingerprint density at radius 3 is 1.56 bits per heavy atom. The lowest BCUT2D eigenvalue weighted by molar-refractivity contribution is 1.05. The van der Waals surface area contributed by atoms with Crippen LogP contribution in [0.2, 0.25) is 0 Å². The van der Waals surface area contributed by atoms with Gasteiger partial charge in [0.2, 0.25) is 5.95 Å². The number of para-hydroxylation sites is 4. The SMILES string of the molecule is c1ccc(-c2nc(-c3ccccc3)nc(-c3cccc(-c4ccc(N5c6ccccc6-c6ccccc6-n6c5nc5ccccc56)cc4)c3)n2)cc1. The van der Waals surface area contributed by atoms with E-state index >= 15 is 0 Å². The lowest BCUT2D eigenvalue weighted by atomic mass is 10.0. The van der Waals surface area contributed by atoms with Crippen molar-refractivity contribution >= 4 is 28.4 Å². The molecule has 244 valence electrons. The molecule has 0 saturated carbocycles. The number of hydrogen-bond acceptors (Lipinski definition) is 5. The minimum absolute atomic E-state index is 0.630. The van der Waals surface area contributed by atoms with Gasteiger partial charge < -0.3 is 0 Å². The van der Waals surface area contributed by atoms with E-state index in [0.29, 0.717) is 17.5 Å². The first kappa shape index (κ1) is 29.7. The van der Waals surface area contributed by atoms with Gasteiger partial charge in [0.25, 0.3) is 0 Å². The van der Waals surface area contributed by atoms with E-state index in [9.17, 15) is 0 Å². The molecule has 6 nitrogen and oxygen atoms in total. The van der Waals surface area contributed by atoms with Gasteiger partial charge in [0.1, 0.15) is 0 Å². The van der Waals surface area contributed by atoms with Crippen LogP contribution in [-0.4, -0.2) is 24.5 Å². The molecule has 1 aliphatic rings. The highest BCUT2D eigenvalue weighted by Crippen LogP contribution is 2.47. The Morgan fingerprint density at radius 1 is 0.346 bits per heavy atom. The topological polar surface area (TPSA) is 59.7 Å². The van der Waals surface area contributed by atoms with E-state index in [4.69, 9.17) is 19.9 Å². The van der Waals surface area contributed by atoms with Crippen LogP contribution in [0, 0.1) is 0 Å². The second kappa shape index (κ2) is 12.3. The van der Waals surface area contributed by atoms with Crippen LogP contribution in [0.4, 0.5) is 17.3 Å². The molecule has 0 amide bonds. The van der Waals surface area contributed by atoms with Crippen molar-refractivity contribution in [3.05, 3.63) is 182 Å². The Kier molecular flexibility index (Phi) is 7.03. The summed E-state index contributed by atoms with van der Waals surface area (Å²) in [6.45, 7) is 0. The zero-order chi connectivity index (χ0) is 34.4. The molecule has 3 heterocycles. The number of nitrogens with zero attached hydrogens (tertiary/aromatic N) is 6. The fraction of sp³-hybridized carbons (Fsp3) is 0. The fourth-order valence-corrected chi connectivity index (χ4v) is 7.13. The van der Waals surface area contributed by atoms with Crippen LogP contribution in [0.1, 0.15) is 0 Å². The summed E-state index contributed by atoms with van der Waals surface area (Å²) in [4.78, 5) is 22.3. The first-order valence-electron chi connectivity index (χ1n) is 17.3. The lowest BCUT2D eigenvalue weighted by Crippen LogP contribution is -2.14. The van der Waals surface area contributed by atoms with E-state index in [0.717, 1.165) is 67.4 Å². The van der Waals surface area contributed by atoms with E-state index in [-0.39, 0.29) is 0 Å². The van der Waals surface area contributed by atoms with Gasteiger partial charge in [-0.25, -0.2) is 19.9 Å². The van der Waals surface area contributed by atoms with Crippen LogP contribution in [0.15, 0.2) is 182 Å². The van der Waals surface area contributed by atoms with Gasteiger partial charge in [-0.15, -0.1) is 0 Å². The summed E-state index contributed by atoms with van der Waals surface area (Å²) in [7, 11) is 0. The Morgan fingerprint density at radius 2 is 0.865 bits per heavy atom. The van der Waals surface area contributed by atoms with Crippen molar-refractivity contribution in [1.82, 2.24) is 24.5 Å². The monoisotopic (exact) mass is 666 g/mol. The van der Waals surface area contributed by atoms with Crippen molar-refractivity contribution in [1.29, 1.82) is 0 Å². The Balaban J connectivity index is 1.07.